The summed E-state index contributed by atoms with van der Waals surface area (Å²) in [6, 6.07) is 25.5. The minimum absolute atomic E-state index is 0.103. The number of hydrogen-bond acceptors (Lipinski definition) is 4. The van der Waals surface area contributed by atoms with Crippen LogP contribution in [0.4, 0.5) is 11.4 Å². The van der Waals surface area contributed by atoms with E-state index in [-0.39, 0.29) is 15.9 Å². The van der Waals surface area contributed by atoms with Crippen molar-refractivity contribution in [3.05, 3.63) is 108 Å². The molecule has 8 heteroatoms. The van der Waals surface area contributed by atoms with Crippen molar-refractivity contribution >= 4 is 61.5 Å². The number of nitrogens with one attached hydrogen (secondary N) is 3. The molecule has 4 aromatic rings. The molecule has 0 atom stereocenters. The van der Waals surface area contributed by atoms with Gasteiger partial charge in [-0.25, -0.2) is 8.42 Å². The monoisotopic (exact) mass is 515 g/mol. The van der Waals surface area contributed by atoms with Gasteiger partial charge in [0.2, 0.25) is 5.91 Å². The molecule has 1 amide bonds. The van der Waals surface area contributed by atoms with Gasteiger partial charge in [-0.1, -0.05) is 60.2 Å². The van der Waals surface area contributed by atoms with E-state index in [1.54, 1.807) is 24.3 Å². The molecule has 0 saturated carbocycles. The van der Waals surface area contributed by atoms with E-state index < -0.39 is 10.0 Å². The van der Waals surface area contributed by atoms with E-state index in [2.05, 4.69) is 15.4 Å². The second-order valence-electron chi connectivity index (χ2n) is 8.29. The summed E-state index contributed by atoms with van der Waals surface area (Å²) in [7, 11) is -3.75. The third-order valence-corrected chi connectivity index (χ3v) is 7.11. The SMILES string of the molecule is Cc1ccc(NS(=O)(=O)c2ccc(NC(=S)NC(=O)/C=C/c3cccc4ccccc34)cc2)c(C)c1. The van der Waals surface area contributed by atoms with Gasteiger partial charge in [0, 0.05) is 11.8 Å². The molecule has 36 heavy (non-hydrogen) atoms. The highest BCUT2D eigenvalue weighted by atomic mass is 32.2. The summed E-state index contributed by atoms with van der Waals surface area (Å²) in [5, 5.41) is 7.73. The zero-order valence-electron chi connectivity index (χ0n) is 19.8. The average molecular weight is 516 g/mol. The van der Waals surface area contributed by atoms with Crippen molar-refractivity contribution < 1.29 is 13.2 Å². The third-order valence-electron chi connectivity index (χ3n) is 5.52. The fourth-order valence-electron chi connectivity index (χ4n) is 3.73. The van der Waals surface area contributed by atoms with Crippen LogP contribution in [0, 0.1) is 13.8 Å². The van der Waals surface area contributed by atoms with Crippen molar-refractivity contribution in [3.8, 4) is 0 Å². The predicted octanol–water partition coefficient (Wildman–Crippen LogP) is 5.78. The van der Waals surface area contributed by atoms with Gasteiger partial charge in [-0.3, -0.25) is 14.8 Å². The Morgan fingerprint density at radius 3 is 2.36 bits per heavy atom. The summed E-state index contributed by atoms with van der Waals surface area (Å²) < 4.78 is 28.1. The number of thiocarbonyl (C=S) groups is 1. The Hall–Kier alpha value is -4.01. The maximum atomic E-state index is 12.8. The summed E-state index contributed by atoms with van der Waals surface area (Å²) >= 11 is 5.23. The second-order valence-corrected chi connectivity index (χ2v) is 10.4. The van der Waals surface area contributed by atoms with Crippen molar-refractivity contribution in [3.63, 3.8) is 0 Å². The summed E-state index contributed by atoms with van der Waals surface area (Å²) in [5.74, 6) is -0.378. The molecule has 0 aliphatic heterocycles. The van der Waals surface area contributed by atoms with Gasteiger partial charge in [0.25, 0.3) is 10.0 Å². The quantitative estimate of drug-likeness (QED) is 0.224. The van der Waals surface area contributed by atoms with Gasteiger partial charge in [0.05, 0.1) is 10.6 Å². The molecule has 0 spiro atoms. The molecule has 0 unspecified atom stereocenters. The standard InChI is InChI=1S/C28H25N3O3S2/c1-19-10-16-26(20(2)18-19)31-36(33,34)24-14-12-23(13-15-24)29-28(35)30-27(32)17-11-22-8-5-7-21-6-3-4-9-25(21)22/h3-18,31H,1-2H3,(H2,29,30,32,35)/b17-11+. The lowest BCUT2D eigenvalue weighted by Crippen LogP contribution is -2.32. The highest BCUT2D eigenvalue weighted by Gasteiger charge is 2.15. The molecule has 0 radical (unpaired) electrons. The summed E-state index contributed by atoms with van der Waals surface area (Å²) in [4.78, 5) is 12.5. The van der Waals surface area contributed by atoms with E-state index in [0.29, 0.717) is 11.4 Å². The topological polar surface area (TPSA) is 87.3 Å². The van der Waals surface area contributed by atoms with Crippen molar-refractivity contribution in [1.82, 2.24) is 5.32 Å². The molecule has 0 aromatic heterocycles. The summed E-state index contributed by atoms with van der Waals surface area (Å²) in [5.41, 5.74) is 3.89. The maximum absolute atomic E-state index is 12.8. The molecule has 6 nitrogen and oxygen atoms in total. The Morgan fingerprint density at radius 2 is 1.61 bits per heavy atom. The first-order valence-electron chi connectivity index (χ1n) is 11.2. The zero-order valence-corrected chi connectivity index (χ0v) is 21.4. The first-order valence-corrected chi connectivity index (χ1v) is 13.1. The Balaban J connectivity index is 1.36. The van der Waals surface area contributed by atoms with Crippen LogP contribution in [0.3, 0.4) is 0 Å². The number of carbonyl (C=O) groups excluding carboxylic acids is 1. The zero-order chi connectivity index (χ0) is 25.7. The van der Waals surface area contributed by atoms with Crippen molar-refractivity contribution in [2.75, 3.05) is 10.0 Å². The molecule has 0 aliphatic carbocycles. The van der Waals surface area contributed by atoms with Crippen LogP contribution in [0.5, 0.6) is 0 Å². The first-order chi connectivity index (χ1) is 17.2. The van der Waals surface area contributed by atoms with E-state index in [9.17, 15) is 13.2 Å². The summed E-state index contributed by atoms with van der Waals surface area (Å²) in [6.07, 6.45) is 3.16. The molecule has 4 rings (SSSR count). The van der Waals surface area contributed by atoms with E-state index >= 15 is 0 Å². The van der Waals surface area contributed by atoms with E-state index in [1.807, 2.05) is 68.4 Å². The fraction of sp³-hybridized carbons (Fsp3) is 0.0714. The molecule has 4 aromatic carbocycles. The molecular formula is C28H25N3O3S2. The van der Waals surface area contributed by atoms with Crippen LogP contribution >= 0.6 is 12.2 Å². The van der Waals surface area contributed by atoms with Gasteiger partial charge in [-0.15, -0.1) is 0 Å². The van der Waals surface area contributed by atoms with Crippen LogP contribution < -0.4 is 15.4 Å². The van der Waals surface area contributed by atoms with Gasteiger partial charge in [0.15, 0.2) is 5.11 Å². The number of amides is 1. The van der Waals surface area contributed by atoms with Crippen LogP contribution in [0.15, 0.2) is 95.9 Å². The molecular weight excluding hydrogens is 490 g/mol. The largest absolute Gasteiger partial charge is 0.332 e. The van der Waals surface area contributed by atoms with Crippen LogP contribution in [-0.4, -0.2) is 19.4 Å². The van der Waals surface area contributed by atoms with Gasteiger partial charge in [0.1, 0.15) is 0 Å². The number of benzene rings is 4. The molecule has 182 valence electrons. The Labute approximate surface area is 216 Å². The number of anilines is 2. The van der Waals surface area contributed by atoms with E-state index in [0.717, 1.165) is 27.5 Å². The van der Waals surface area contributed by atoms with Crippen LogP contribution in [0.2, 0.25) is 0 Å². The fourth-order valence-corrected chi connectivity index (χ4v) is 5.08. The van der Waals surface area contributed by atoms with Crippen molar-refractivity contribution in [2.24, 2.45) is 0 Å². The number of aryl methyl sites for hydroxylation is 2. The van der Waals surface area contributed by atoms with Crippen LogP contribution in [0.25, 0.3) is 16.8 Å². The van der Waals surface area contributed by atoms with Crippen LogP contribution in [-0.2, 0) is 14.8 Å². The highest BCUT2D eigenvalue weighted by molar-refractivity contribution is 7.92. The Kier molecular flexibility index (Phi) is 7.47. The maximum Gasteiger partial charge on any atom is 0.261 e. The van der Waals surface area contributed by atoms with E-state index in [4.69, 9.17) is 12.2 Å². The van der Waals surface area contributed by atoms with Gasteiger partial charge >= 0.3 is 0 Å². The van der Waals surface area contributed by atoms with Gasteiger partial charge in [-0.05, 0) is 84.4 Å². The molecule has 0 bridgehead atoms. The molecule has 3 N–H and O–H groups in total. The predicted molar refractivity (Wildman–Crippen MR) is 151 cm³/mol. The molecule has 0 aliphatic rings. The summed E-state index contributed by atoms with van der Waals surface area (Å²) in [6.45, 7) is 3.80. The normalized spacial score (nSPS) is 11.4. The number of carbonyl (C=O) groups is 1. The van der Waals surface area contributed by atoms with E-state index in [1.165, 1.54) is 18.2 Å². The second kappa shape index (κ2) is 10.7. The average Bonchev–Trinajstić information content (AvgIpc) is 2.84. The lowest BCUT2D eigenvalue weighted by atomic mass is 10.0. The smallest absolute Gasteiger partial charge is 0.261 e. The van der Waals surface area contributed by atoms with Gasteiger partial charge in [-0.2, -0.15) is 0 Å². The lowest BCUT2D eigenvalue weighted by Gasteiger charge is -2.12. The number of rotatable bonds is 6. The lowest BCUT2D eigenvalue weighted by molar-refractivity contribution is -0.115. The minimum atomic E-state index is -3.75. The number of fused-ring (bicyclic) bond motifs is 1. The highest BCUT2D eigenvalue weighted by Crippen LogP contribution is 2.22. The number of hydrogen-bond donors (Lipinski definition) is 3. The van der Waals surface area contributed by atoms with Crippen molar-refractivity contribution in [1.29, 1.82) is 0 Å². The van der Waals surface area contributed by atoms with Crippen molar-refractivity contribution in [2.45, 2.75) is 18.7 Å². The third kappa shape index (κ3) is 6.16. The van der Waals surface area contributed by atoms with Gasteiger partial charge < -0.3 is 5.32 Å². The molecule has 0 saturated heterocycles. The number of sulfonamides is 1. The molecule has 0 heterocycles. The minimum Gasteiger partial charge on any atom is -0.332 e. The first kappa shape index (κ1) is 25.1. The van der Waals surface area contributed by atoms with Crippen LogP contribution in [0.1, 0.15) is 16.7 Å². The Morgan fingerprint density at radius 1 is 0.889 bits per heavy atom. The molecule has 0 fully saturated rings. The Bertz CT molecular complexity index is 1570.